The molecule has 0 aliphatic heterocycles. The number of nitrogens with two attached hydrogens (primary N) is 1. The molecule has 0 saturated heterocycles. The van der Waals surface area contributed by atoms with Crippen LogP contribution < -0.4 is 5.73 Å². The third kappa shape index (κ3) is 2.04. The van der Waals surface area contributed by atoms with Gasteiger partial charge in [0, 0.05) is 17.3 Å². The Morgan fingerprint density at radius 2 is 2.24 bits per heavy atom. The number of nitrogen functional groups attached to an aromatic ring is 1. The van der Waals surface area contributed by atoms with E-state index in [4.69, 9.17) is 10.5 Å². The molecule has 2 N–H and O–H groups in total. The summed E-state index contributed by atoms with van der Waals surface area (Å²) in [5.41, 5.74) is 7.96. The molecule has 5 nitrogen and oxygen atoms in total. The summed E-state index contributed by atoms with van der Waals surface area (Å²) in [6, 6.07) is 3.64. The van der Waals surface area contributed by atoms with Crippen LogP contribution in [0.15, 0.2) is 18.3 Å². The van der Waals surface area contributed by atoms with Crippen LogP contribution in [0.25, 0.3) is 11.0 Å². The predicted molar refractivity (Wildman–Crippen MR) is 64.6 cm³/mol. The molecule has 88 valence electrons. The van der Waals surface area contributed by atoms with Gasteiger partial charge in [-0.05, 0) is 26.0 Å². The lowest BCUT2D eigenvalue weighted by Gasteiger charge is -2.07. The zero-order valence-corrected chi connectivity index (χ0v) is 9.73. The molecule has 0 radical (unpaired) electrons. The summed E-state index contributed by atoms with van der Waals surface area (Å²) in [4.78, 5) is 20.0. The number of pyridine rings is 2. The predicted octanol–water partition coefficient (Wildman–Crippen LogP) is 1.70. The molecule has 5 heteroatoms. The summed E-state index contributed by atoms with van der Waals surface area (Å²) in [6.07, 6.45) is 1.40. The van der Waals surface area contributed by atoms with Crippen molar-refractivity contribution in [2.24, 2.45) is 0 Å². The number of hydrogen-bond acceptors (Lipinski definition) is 5. The Labute approximate surface area is 98.6 Å². The molecule has 0 aliphatic carbocycles. The van der Waals surface area contributed by atoms with Gasteiger partial charge in [0.2, 0.25) is 0 Å². The molecule has 0 saturated carbocycles. The molecule has 2 aromatic heterocycles. The fraction of sp³-hybridized carbons (Fsp3) is 0.250. The first-order chi connectivity index (χ1) is 8.13. The zero-order chi connectivity index (χ0) is 12.4. The summed E-state index contributed by atoms with van der Waals surface area (Å²) in [7, 11) is 0. The topological polar surface area (TPSA) is 78.1 Å². The summed E-state index contributed by atoms with van der Waals surface area (Å²) >= 11 is 0. The molecule has 0 spiro atoms. The molecule has 0 bridgehead atoms. The molecule has 2 aromatic rings. The molecule has 2 heterocycles. The van der Waals surface area contributed by atoms with Crippen molar-refractivity contribution in [3.05, 3.63) is 29.6 Å². The Hall–Kier alpha value is -2.17. The van der Waals surface area contributed by atoms with E-state index in [1.54, 1.807) is 6.92 Å². The number of anilines is 1. The van der Waals surface area contributed by atoms with Gasteiger partial charge in [0.1, 0.15) is 5.56 Å². The van der Waals surface area contributed by atoms with Crippen molar-refractivity contribution in [1.82, 2.24) is 9.97 Å². The average Bonchev–Trinajstić information content (AvgIpc) is 2.29. The Morgan fingerprint density at radius 3 is 2.94 bits per heavy atom. The van der Waals surface area contributed by atoms with E-state index in [0.29, 0.717) is 23.3 Å². The van der Waals surface area contributed by atoms with E-state index in [1.165, 1.54) is 6.20 Å². The molecule has 0 unspecified atom stereocenters. The van der Waals surface area contributed by atoms with Crippen molar-refractivity contribution in [1.29, 1.82) is 0 Å². The minimum Gasteiger partial charge on any atom is -0.462 e. The molecule has 2 rings (SSSR count). The fourth-order valence-corrected chi connectivity index (χ4v) is 1.56. The minimum atomic E-state index is -0.458. The van der Waals surface area contributed by atoms with Crippen molar-refractivity contribution in [2.75, 3.05) is 12.3 Å². The first-order valence-electron chi connectivity index (χ1n) is 5.32. The largest absolute Gasteiger partial charge is 0.462 e. The number of ether oxygens (including phenoxy) is 1. The monoisotopic (exact) mass is 231 g/mol. The van der Waals surface area contributed by atoms with Crippen molar-refractivity contribution >= 4 is 22.7 Å². The van der Waals surface area contributed by atoms with Gasteiger partial charge in [0.05, 0.1) is 12.3 Å². The highest BCUT2D eigenvalue weighted by atomic mass is 16.5. The lowest BCUT2D eigenvalue weighted by molar-refractivity contribution is 0.0527. The fourth-order valence-electron chi connectivity index (χ4n) is 1.56. The Bertz CT molecular complexity index is 581. The standard InChI is InChI=1S/C12H13N3O2/c1-3-17-12(16)9-6-14-11-8(10(9)13)5-4-7(2)15-11/h4-6H,3H2,1-2H3,(H2,13,14,15). The Kier molecular flexibility index (Phi) is 2.91. The SMILES string of the molecule is CCOC(=O)c1cnc2nc(C)ccc2c1N. The van der Waals surface area contributed by atoms with Crippen LogP contribution in [0.3, 0.4) is 0 Å². The summed E-state index contributed by atoms with van der Waals surface area (Å²) in [5, 5.41) is 0.668. The van der Waals surface area contributed by atoms with Crippen molar-refractivity contribution in [2.45, 2.75) is 13.8 Å². The van der Waals surface area contributed by atoms with E-state index in [0.717, 1.165) is 5.69 Å². The molecule has 0 fully saturated rings. The highest BCUT2D eigenvalue weighted by molar-refractivity contribution is 6.03. The second-order valence-electron chi connectivity index (χ2n) is 3.63. The van der Waals surface area contributed by atoms with Crippen molar-refractivity contribution in [3.63, 3.8) is 0 Å². The summed E-state index contributed by atoms with van der Waals surface area (Å²) in [6.45, 7) is 3.92. The highest BCUT2D eigenvalue weighted by Gasteiger charge is 2.14. The number of aryl methyl sites for hydroxylation is 1. The number of nitrogens with zero attached hydrogens (tertiary/aromatic N) is 2. The van der Waals surface area contributed by atoms with Gasteiger partial charge in [-0.25, -0.2) is 14.8 Å². The van der Waals surface area contributed by atoms with Gasteiger partial charge in [0.25, 0.3) is 0 Å². The van der Waals surface area contributed by atoms with E-state index in [-0.39, 0.29) is 5.56 Å². The minimum absolute atomic E-state index is 0.282. The number of hydrogen-bond donors (Lipinski definition) is 1. The van der Waals surface area contributed by atoms with Gasteiger partial charge >= 0.3 is 5.97 Å². The number of rotatable bonds is 2. The van der Waals surface area contributed by atoms with E-state index in [2.05, 4.69) is 9.97 Å². The number of aromatic nitrogens is 2. The average molecular weight is 231 g/mol. The zero-order valence-electron chi connectivity index (χ0n) is 9.73. The van der Waals surface area contributed by atoms with Crippen LogP contribution in [-0.2, 0) is 4.74 Å². The van der Waals surface area contributed by atoms with Crippen LogP contribution >= 0.6 is 0 Å². The Morgan fingerprint density at radius 1 is 1.47 bits per heavy atom. The van der Waals surface area contributed by atoms with Crippen LogP contribution in [0.2, 0.25) is 0 Å². The normalized spacial score (nSPS) is 10.5. The number of esters is 1. The third-order valence-corrected chi connectivity index (χ3v) is 2.41. The van der Waals surface area contributed by atoms with Gasteiger partial charge in [-0.3, -0.25) is 0 Å². The lowest BCUT2D eigenvalue weighted by Crippen LogP contribution is -2.09. The van der Waals surface area contributed by atoms with Gasteiger partial charge in [-0.2, -0.15) is 0 Å². The molecule has 0 aliphatic rings. The second kappa shape index (κ2) is 4.37. The summed E-state index contributed by atoms with van der Waals surface area (Å²) < 4.78 is 4.90. The number of carbonyl (C=O) groups is 1. The first kappa shape index (κ1) is 11.3. The lowest BCUT2D eigenvalue weighted by atomic mass is 10.1. The van der Waals surface area contributed by atoms with E-state index < -0.39 is 5.97 Å². The van der Waals surface area contributed by atoms with Crippen LogP contribution in [0.5, 0.6) is 0 Å². The van der Waals surface area contributed by atoms with Crippen LogP contribution in [0.1, 0.15) is 23.0 Å². The highest BCUT2D eigenvalue weighted by Crippen LogP contribution is 2.22. The molecule has 0 aromatic carbocycles. The van der Waals surface area contributed by atoms with Crippen LogP contribution in [-0.4, -0.2) is 22.5 Å². The van der Waals surface area contributed by atoms with Gasteiger partial charge in [-0.15, -0.1) is 0 Å². The maximum atomic E-state index is 11.6. The second-order valence-corrected chi connectivity index (χ2v) is 3.63. The van der Waals surface area contributed by atoms with Crippen LogP contribution in [0, 0.1) is 6.92 Å². The Balaban J connectivity index is 2.58. The first-order valence-corrected chi connectivity index (χ1v) is 5.32. The van der Waals surface area contributed by atoms with Gasteiger partial charge < -0.3 is 10.5 Å². The number of carbonyl (C=O) groups excluding carboxylic acids is 1. The van der Waals surface area contributed by atoms with Crippen molar-refractivity contribution < 1.29 is 9.53 Å². The molecule has 17 heavy (non-hydrogen) atoms. The van der Waals surface area contributed by atoms with Crippen LogP contribution in [0.4, 0.5) is 5.69 Å². The molecule has 0 amide bonds. The van der Waals surface area contributed by atoms with E-state index in [9.17, 15) is 4.79 Å². The summed E-state index contributed by atoms with van der Waals surface area (Å²) in [5.74, 6) is -0.458. The van der Waals surface area contributed by atoms with Gasteiger partial charge in [0.15, 0.2) is 5.65 Å². The maximum absolute atomic E-state index is 11.6. The van der Waals surface area contributed by atoms with Crippen molar-refractivity contribution in [3.8, 4) is 0 Å². The smallest absolute Gasteiger partial charge is 0.341 e. The third-order valence-electron chi connectivity index (χ3n) is 2.41. The van der Waals surface area contributed by atoms with Gasteiger partial charge in [-0.1, -0.05) is 0 Å². The van der Waals surface area contributed by atoms with E-state index >= 15 is 0 Å². The van der Waals surface area contributed by atoms with E-state index in [1.807, 2.05) is 19.1 Å². The molecular formula is C12H13N3O2. The maximum Gasteiger partial charge on any atom is 0.341 e. The molecular weight excluding hydrogens is 218 g/mol. The quantitative estimate of drug-likeness (QED) is 0.796. The number of fused-ring (bicyclic) bond motifs is 1. The molecule has 0 atom stereocenters.